The van der Waals surface area contributed by atoms with E-state index in [9.17, 15) is 9.59 Å². The molecular formula is C15H12N4O2S. The third-order valence-electron chi connectivity index (χ3n) is 2.84. The van der Waals surface area contributed by atoms with Crippen LogP contribution in [0.2, 0.25) is 0 Å². The number of benzene rings is 1. The lowest BCUT2D eigenvalue weighted by molar-refractivity contribution is -0.115. The number of fused-ring (bicyclic) bond motifs is 1. The summed E-state index contributed by atoms with van der Waals surface area (Å²) < 4.78 is 0.937. The molecule has 0 unspecified atom stereocenters. The molecular weight excluding hydrogens is 300 g/mol. The van der Waals surface area contributed by atoms with Crippen LogP contribution in [0.3, 0.4) is 0 Å². The Bertz CT molecular complexity index is 784. The van der Waals surface area contributed by atoms with Crippen LogP contribution in [0.15, 0.2) is 48.8 Å². The smallest absolute Gasteiger partial charge is 0.280 e. The predicted molar refractivity (Wildman–Crippen MR) is 84.8 cm³/mol. The Kier molecular flexibility index (Phi) is 4.06. The summed E-state index contributed by atoms with van der Waals surface area (Å²) in [5, 5.41) is 5.54. The minimum Gasteiger partial charge on any atom is -0.341 e. The molecule has 0 bridgehead atoms. The first-order valence-corrected chi connectivity index (χ1v) is 7.38. The zero-order chi connectivity index (χ0) is 15.4. The third-order valence-corrected chi connectivity index (χ3v) is 3.88. The Labute approximate surface area is 130 Å². The van der Waals surface area contributed by atoms with Gasteiger partial charge in [0.2, 0.25) is 5.91 Å². The number of amides is 2. The number of carbonyl (C=O) groups is 2. The molecule has 0 atom stereocenters. The van der Waals surface area contributed by atoms with Gasteiger partial charge in [0.05, 0.1) is 28.6 Å². The molecule has 0 radical (unpaired) electrons. The molecule has 0 aliphatic heterocycles. The zero-order valence-electron chi connectivity index (χ0n) is 11.4. The second-order valence-electron chi connectivity index (χ2n) is 4.46. The van der Waals surface area contributed by atoms with Gasteiger partial charge in [0.15, 0.2) is 5.01 Å². The summed E-state index contributed by atoms with van der Waals surface area (Å²) in [6.45, 7) is -0.121. The fourth-order valence-electron chi connectivity index (χ4n) is 1.85. The van der Waals surface area contributed by atoms with Crippen LogP contribution in [0.1, 0.15) is 9.80 Å². The van der Waals surface area contributed by atoms with E-state index in [-0.39, 0.29) is 18.4 Å². The largest absolute Gasteiger partial charge is 0.341 e. The van der Waals surface area contributed by atoms with E-state index in [0.29, 0.717) is 10.7 Å². The van der Waals surface area contributed by atoms with Crippen molar-refractivity contribution >= 4 is 39.1 Å². The Morgan fingerprint density at radius 2 is 2.00 bits per heavy atom. The Morgan fingerprint density at radius 3 is 2.77 bits per heavy atom. The molecule has 0 aliphatic rings. The minimum absolute atomic E-state index is 0.121. The van der Waals surface area contributed by atoms with Crippen LogP contribution in [0.4, 0.5) is 5.69 Å². The number of hydrogen-bond donors (Lipinski definition) is 2. The first-order valence-electron chi connectivity index (χ1n) is 6.56. The van der Waals surface area contributed by atoms with Crippen molar-refractivity contribution < 1.29 is 9.59 Å². The van der Waals surface area contributed by atoms with Crippen molar-refractivity contribution in [2.75, 3.05) is 11.9 Å². The quantitative estimate of drug-likeness (QED) is 0.772. The number of anilines is 1. The lowest BCUT2D eigenvalue weighted by Crippen LogP contribution is -2.32. The van der Waals surface area contributed by atoms with Crippen LogP contribution >= 0.6 is 11.3 Å². The molecule has 0 aliphatic carbocycles. The van der Waals surface area contributed by atoms with Gasteiger partial charge >= 0.3 is 0 Å². The fraction of sp³-hybridized carbons (Fsp3) is 0.0667. The fourth-order valence-corrected chi connectivity index (χ4v) is 2.73. The van der Waals surface area contributed by atoms with Crippen molar-refractivity contribution in [3.63, 3.8) is 0 Å². The molecule has 6 nitrogen and oxygen atoms in total. The molecule has 2 heterocycles. The summed E-state index contributed by atoms with van der Waals surface area (Å²) in [5.41, 5.74) is 1.36. The highest BCUT2D eigenvalue weighted by Crippen LogP contribution is 2.21. The van der Waals surface area contributed by atoms with Crippen molar-refractivity contribution in [3.8, 4) is 0 Å². The molecule has 7 heteroatoms. The average Bonchev–Trinajstić information content (AvgIpc) is 2.98. The molecule has 22 heavy (non-hydrogen) atoms. The van der Waals surface area contributed by atoms with Crippen LogP contribution in [-0.2, 0) is 4.79 Å². The zero-order valence-corrected chi connectivity index (χ0v) is 12.3. The second-order valence-corrected chi connectivity index (χ2v) is 5.49. The molecule has 3 aromatic rings. The number of nitrogens with one attached hydrogen (secondary N) is 2. The maximum atomic E-state index is 12.0. The molecule has 110 valence electrons. The number of rotatable bonds is 4. The Hall–Kier alpha value is -2.80. The standard InChI is InChI=1S/C15H12N4O2S/c20-13(18-10-4-3-7-16-8-10)9-17-14(21)15-19-11-5-1-2-6-12(11)22-15/h1-8H,9H2,(H,17,21)(H,18,20). The van der Waals surface area contributed by atoms with Crippen molar-refractivity contribution in [3.05, 3.63) is 53.8 Å². The lowest BCUT2D eigenvalue weighted by Gasteiger charge is -2.05. The summed E-state index contributed by atoms with van der Waals surface area (Å²) in [4.78, 5) is 31.9. The molecule has 2 N–H and O–H groups in total. The van der Waals surface area contributed by atoms with Crippen LogP contribution in [0.5, 0.6) is 0 Å². The molecule has 1 aromatic carbocycles. The summed E-state index contributed by atoms with van der Waals surface area (Å²) >= 11 is 1.30. The number of para-hydroxylation sites is 1. The minimum atomic E-state index is -0.359. The van der Waals surface area contributed by atoms with E-state index in [1.54, 1.807) is 18.3 Å². The maximum Gasteiger partial charge on any atom is 0.280 e. The van der Waals surface area contributed by atoms with Crippen molar-refractivity contribution in [2.24, 2.45) is 0 Å². The van der Waals surface area contributed by atoms with Gasteiger partial charge in [-0.1, -0.05) is 12.1 Å². The maximum absolute atomic E-state index is 12.0. The molecule has 0 saturated carbocycles. The molecule has 2 amide bonds. The van der Waals surface area contributed by atoms with E-state index in [1.807, 2.05) is 24.3 Å². The van der Waals surface area contributed by atoms with Gasteiger partial charge < -0.3 is 10.6 Å². The van der Waals surface area contributed by atoms with Gasteiger partial charge in [-0.3, -0.25) is 14.6 Å². The number of carbonyl (C=O) groups excluding carboxylic acids is 2. The Balaban J connectivity index is 1.59. The summed E-state index contributed by atoms with van der Waals surface area (Å²) in [5.74, 6) is -0.676. The number of thiazole rings is 1. The molecule has 0 fully saturated rings. The predicted octanol–water partition coefficient (Wildman–Crippen LogP) is 2.06. The molecule has 0 spiro atoms. The Morgan fingerprint density at radius 1 is 1.14 bits per heavy atom. The number of hydrogen-bond acceptors (Lipinski definition) is 5. The van der Waals surface area contributed by atoms with Crippen LogP contribution in [0, 0.1) is 0 Å². The lowest BCUT2D eigenvalue weighted by atomic mass is 10.3. The van der Waals surface area contributed by atoms with E-state index in [0.717, 1.165) is 10.2 Å². The highest BCUT2D eigenvalue weighted by Gasteiger charge is 2.13. The van der Waals surface area contributed by atoms with Crippen molar-refractivity contribution in [1.82, 2.24) is 15.3 Å². The van der Waals surface area contributed by atoms with E-state index in [1.165, 1.54) is 17.5 Å². The topological polar surface area (TPSA) is 84.0 Å². The number of nitrogens with zero attached hydrogens (tertiary/aromatic N) is 2. The summed E-state index contributed by atoms with van der Waals surface area (Å²) in [6.07, 6.45) is 3.15. The van der Waals surface area contributed by atoms with Crippen LogP contribution in [0.25, 0.3) is 10.2 Å². The van der Waals surface area contributed by atoms with Crippen molar-refractivity contribution in [1.29, 1.82) is 0 Å². The highest BCUT2D eigenvalue weighted by molar-refractivity contribution is 7.20. The summed E-state index contributed by atoms with van der Waals surface area (Å²) in [7, 11) is 0. The molecule has 3 rings (SSSR count). The van der Waals surface area contributed by atoms with Gasteiger partial charge in [-0.2, -0.15) is 0 Å². The van der Waals surface area contributed by atoms with Crippen molar-refractivity contribution in [2.45, 2.75) is 0 Å². The van der Waals surface area contributed by atoms with Gasteiger partial charge in [0.1, 0.15) is 0 Å². The van der Waals surface area contributed by atoms with Crippen LogP contribution in [-0.4, -0.2) is 28.3 Å². The SMILES string of the molecule is O=C(CNC(=O)c1nc2ccccc2s1)Nc1cccnc1. The van der Waals surface area contributed by atoms with E-state index >= 15 is 0 Å². The average molecular weight is 312 g/mol. The summed E-state index contributed by atoms with van der Waals surface area (Å²) in [6, 6.07) is 10.9. The normalized spacial score (nSPS) is 10.4. The first-order chi connectivity index (χ1) is 10.7. The van der Waals surface area contributed by atoms with E-state index < -0.39 is 0 Å². The van der Waals surface area contributed by atoms with E-state index in [2.05, 4.69) is 20.6 Å². The van der Waals surface area contributed by atoms with Gasteiger partial charge in [-0.25, -0.2) is 4.98 Å². The van der Waals surface area contributed by atoms with Crippen LogP contribution < -0.4 is 10.6 Å². The monoisotopic (exact) mass is 312 g/mol. The number of pyridine rings is 1. The first kappa shape index (κ1) is 14.2. The third kappa shape index (κ3) is 3.26. The number of aromatic nitrogens is 2. The highest BCUT2D eigenvalue weighted by atomic mass is 32.1. The molecule has 0 saturated heterocycles. The second kappa shape index (κ2) is 6.31. The van der Waals surface area contributed by atoms with Gasteiger partial charge in [0.25, 0.3) is 5.91 Å². The van der Waals surface area contributed by atoms with Gasteiger partial charge in [-0.15, -0.1) is 11.3 Å². The molecule has 2 aromatic heterocycles. The van der Waals surface area contributed by atoms with Gasteiger partial charge in [0, 0.05) is 6.20 Å². The van der Waals surface area contributed by atoms with E-state index in [4.69, 9.17) is 0 Å². The van der Waals surface area contributed by atoms with Gasteiger partial charge in [-0.05, 0) is 24.3 Å².